The lowest BCUT2D eigenvalue weighted by Gasteiger charge is -2.22. The first kappa shape index (κ1) is 18.1. The summed E-state index contributed by atoms with van der Waals surface area (Å²) < 4.78 is 10.6. The summed E-state index contributed by atoms with van der Waals surface area (Å²) in [4.78, 5) is 24.8. The minimum Gasteiger partial charge on any atom is -0.482 e. The molecule has 0 spiro atoms. The fourth-order valence-corrected chi connectivity index (χ4v) is 3.58. The maximum Gasteiger partial charge on any atom is 0.344 e. The van der Waals surface area contributed by atoms with Crippen molar-refractivity contribution in [2.45, 2.75) is 26.3 Å². The maximum atomic E-state index is 12.1. The topological polar surface area (TPSA) is 68.2 Å². The molecule has 0 aliphatic carbocycles. The third-order valence-corrected chi connectivity index (χ3v) is 4.89. The van der Waals surface area contributed by atoms with Crippen LogP contribution in [0.4, 0.5) is 0 Å². The largest absolute Gasteiger partial charge is 0.482 e. The van der Waals surface area contributed by atoms with Crippen LogP contribution in [-0.2, 0) is 14.3 Å². The van der Waals surface area contributed by atoms with Gasteiger partial charge in [0.25, 0.3) is 0 Å². The van der Waals surface area contributed by atoms with Crippen LogP contribution >= 0.6 is 11.3 Å². The number of nitrogens with zero attached hydrogens (tertiary/aromatic N) is 2. The van der Waals surface area contributed by atoms with E-state index < -0.39 is 5.97 Å². The Morgan fingerprint density at radius 2 is 2.08 bits per heavy atom. The molecule has 136 valence electrons. The van der Waals surface area contributed by atoms with Crippen LogP contribution in [-0.4, -0.2) is 35.8 Å². The molecule has 1 aliphatic heterocycles. The molecule has 26 heavy (non-hydrogen) atoms. The molecule has 6 nitrogen and oxygen atoms in total. The SMILES string of the molecule is CCOC(=O)COc1ccccc1[C@@H]1CC(c2cccs2)=NN1C(C)=O. The van der Waals surface area contributed by atoms with E-state index in [-0.39, 0.29) is 18.6 Å². The molecule has 0 saturated carbocycles. The number of ether oxygens (including phenoxy) is 2. The molecule has 0 N–H and O–H groups in total. The Morgan fingerprint density at radius 3 is 2.77 bits per heavy atom. The van der Waals surface area contributed by atoms with E-state index in [2.05, 4.69) is 5.10 Å². The molecular weight excluding hydrogens is 352 g/mol. The zero-order chi connectivity index (χ0) is 18.5. The van der Waals surface area contributed by atoms with Crippen molar-refractivity contribution >= 4 is 28.9 Å². The number of thiophene rings is 1. The average Bonchev–Trinajstić information content (AvgIpc) is 3.30. The molecule has 1 aromatic heterocycles. The lowest BCUT2D eigenvalue weighted by atomic mass is 10.00. The number of rotatable bonds is 6. The minimum atomic E-state index is -0.423. The maximum absolute atomic E-state index is 12.1. The molecule has 1 atom stereocenters. The van der Waals surface area contributed by atoms with E-state index >= 15 is 0 Å². The molecule has 2 aromatic rings. The average molecular weight is 372 g/mol. The monoisotopic (exact) mass is 372 g/mol. The number of amides is 1. The second-order valence-electron chi connectivity index (χ2n) is 5.74. The molecule has 1 aliphatic rings. The molecule has 0 fully saturated rings. The number of carbonyl (C=O) groups is 2. The van der Waals surface area contributed by atoms with Crippen molar-refractivity contribution in [3.8, 4) is 5.75 Å². The van der Waals surface area contributed by atoms with Crippen molar-refractivity contribution < 1.29 is 19.1 Å². The highest BCUT2D eigenvalue weighted by atomic mass is 32.1. The van der Waals surface area contributed by atoms with E-state index in [1.165, 1.54) is 11.9 Å². The number of carbonyl (C=O) groups excluding carboxylic acids is 2. The molecule has 0 radical (unpaired) electrons. The van der Waals surface area contributed by atoms with Gasteiger partial charge in [-0.05, 0) is 24.4 Å². The molecule has 0 bridgehead atoms. The molecule has 0 saturated heterocycles. The first-order valence-electron chi connectivity index (χ1n) is 8.38. The van der Waals surface area contributed by atoms with E-state index in [0.717, 1.165) is 16.2 Å². The number of hydrogen-bond donors (Lipinski definition) is 0. The van der Waals surface area contributed by atoms with Gasteiger partial charge >= 0.3 is 5.97 Å². The van der Waals surface area contributed by atoms with Gasteiger partial charge in [-0.1, -0.05) is 24.3 Å². The third kappa shape index (κ3) is 3.94. The summed E-state index contributed by atoms with van der Waals surface area (Å²) in [5, 5.41) is 7.99. The molecule has 1 aromatic carbocycles. The Bertz CT molecular complexity index is 817. The van der Waals surface area contributed by atoms with E-state index in [1.807, 2.05) is 35.7 Å². The first-order chi connectivity index (χ1) is 12.6. The van der Waals surface area contributed by atoms with Gasteiger partial charge in [-0.25, -0.2) is 9.80 Å². The second-order valence-corrected chi connectivity index (χ2v) is 6.69. The van der Waals surface area contributed by atoms with Gasteiger partial charge < -0.3 is 9.47 Å². The van der Waals surface area contributed by atoms with E-state index in [0.29, 0.717) is 18.8 Å². The normalized spacial score (nSPS) is 16.3. The summed E-state index contributed by atoms with van der Waals surface area (Å²) in [7, 11) is 0. The van der Waals surface area contributed by atoms with Crippen LogP contribution < -0.4 is 4.74 Å². The summed E-state index contributed by atoms with van der Waals surface area (Å²) >= 11 is 1.59. The Labute approximate surface area is 156 Å². The molecule has 3 rings (SSSR count). The highest BCUT2D eigenvalue weighted by Crippen LogP contribution is 2.38. The summed E-state index contributed by atoms with van der Waals surface area (Å²) in [6.07, 6.45) is 0.597. The van der Waals surface area contributed by atoms with Crippen molar-refractivity contribution in [1.82, 2.24) is 5.01 Å². The van der Waals surface area contributed by atoms with Crippen molar-refractivity contribution in [1.29, 1.82) is 0 Å². The summed E-state index contributed by atoms with van der Waals surface area (Å²) in [5.41, 5.74) is 1.70. The van der Waals surface area contributed by atoms with Crippen molar-refractivity contribution in [2.24, 2.45) is 5.10 Å². The Balaban J connectivity index is 1.84. The molecular formula is C19H20N2O4S. The van der Waals surface area contributed by atoms with E-state index in [9.17, 15) is 9.59 Å². The highest BCUT2D eigenvalue weighted by Gasteiger charge is 2.33. The van der Waals surface area contributed by atoms with Gasteiger partial charge in [0.15, 0.2) is 6.61 Å². The summed E-state index contributed by atoms with van der Waals surface area (Å²) in [5.74, 6) is -0.00569. The van der Waals surface area contributed by atoms with Crippen LogP contribution in [0.5, 0.6) is 5.75 Å². The van der Waals surface area contributed by atoms with E-state index in [1.54, 1.807) is 24.3 Å². The number of hydrazone groups is 1. The predicted molar refractivity (Wildman–Crippen MR) is 99.3 cm³/mol. The number of esters is 1. The second kappa shape index (κ2) is 8.14. The lowest BCUT2D eigenvalue weighted by Crippen LogP contribution is -2.25. The molecule has 0 unspecified atom stereocenters. The zero-order valence-corrected chi connectivity index (χ0v) is 15.5. The Hall–Kier alpha value is -2.67. The third-order valence-electron chi connectivity index (χ3n) is 3.97. The van der Waals surface area contributed by atoms with Gasteiger partial charge in [-0.3, -0.25) is 4.79 Å². The van der Waals surface area contributed by atoms with Crippen LogP contribution in [0.2, 0.25) is 0 Å². The summed E-state index contributed by atoms with van der Waals surface area (Å²) in [6.45, 7) is 3.38. The lowest BCUT2D eigenvalue weighted by molar-refractivity contribution is -0.145. The predicted octanol–water partition coefficient (Wildman–Crippen LogP) is 3.39. The number of benzene rings is 1. The van der Waals surface area contributed by atoms with Gasteiger partial charge in [0.1, 0.15) is 5.75 Å². The van der Waals surface area contributed by atoms with Crippen molar-refractivity contribution in [3.05, 3.63) is 52.2 Å². The van der Waals surface area contributed by atoms with Crippen LogP contribution in [0, 0.1) is 0 Å². The fraction of sp³-hybridized carbons (Fsp3) is 0.316. The molecule has 1 amide bonds. The molecule has 7 heteroatoms. The van der Waals surface area contributed by atoms with Gasteiger partial charge in [0.05, 0.1) is 23.2 Å². The fourth-order valence-electron chi connectivity index (χ4n) is 2.86. The van der Waals surface area contributed by atoms with Crippen molar-refractivity contribution in [3.63, 3.8) is 0 Å². The zero-order valence-electron chi connectivity index (χ0n) is 14.7. The van der Waals surface area contributed by atoms with E-state index in [4.69, 9.17) is 9.47 Å². The number of hydrogen-bond acceptors (Lipinski definition) is 6. The van der Waals surface area contributed by atoms with Gasteiger partial charge in [0.2, 0.25) is 5.91 Å². The molecule has 2 heterocycles. The Kier molecular flexibility index (Phi) is 5.68. The standard InChI is InChI=1S/C19H20N2O4S/c1-3-24-19(23)12-25-17-8-5-4-7-14(17)16-11-15(18-9-6-10-26-18)20-21(16)13(2)22/h4-10,16H,3,11-12H2,1-2H3/t16-/m0/s1. The first-order valence-corrected chi connectivity index (χ1v) is 9.26. The van der Waals surface area contributed by atoms with Gasteiger partial charge in [-0.2, -0.15) is 5.10 Å². The number of para-hydroxylation sites is 1. The van der Waals surface area contributed by atoms with Gasteiger partial charge in [0, 0.05) is 18.9 Å². The minimum absolute atomic E-state index is 0.137. The van der Waals surface area contributed by atoms with Crippen molar-refractivity contribution in [2.75, 3.05) is 13.2 Å². The van der Waals surface area contributed by atoms with Gasteiger partial charge in [-0.15, -0.1) is 11.3 Å². The van der Waals surface area contributed by atoms with Crippen LogP contribution in [0.25, 0.3) is 0 Å². The quantitative estimate of drug-likeness (QED) is 0.729. The van der Waals surface area contributed by atoms with Crippen LogP contribution in [0.3, 0.4) is 0 Å². The smallest absolute Gasteiger partial charge is 0.344 e. The van der Waals surface area contributed by atoms with Crippen LogP contribution in [0.1, 0.15) is 36.8 Å². The summed E-state index contributed by atoms with van der Waals surface area (Å²) in [6, 6.07) is 11.1. The van der Waals surface area contributed by atoms with Crippen LogP contribution in [0.15, 0.2) is 46.9 Å². The Morgan fingerprint density at radius 1 is 1.27 bits per heavy atom. The highest BCUT2D eigenvalue weighted by molar-refractivity contribution is 7.12.